The lowest BCUT2D eigenvalue weighted by atomic mass is 10.1. The molecule has 1 aromatic rings. The Kier molecular flexibility index (Phi) is 6.24. The molecule has 0 fully saturated rings. The zero-order valence-corrected chi connectivity index (χ0v) is 12.3. The summed E-state index contributed by atoms with van der Waals surface area (Å²) in [5.74, 6) is 1.78. The molecule has 0 aliphatic heterocycles. The summed E-state index contributed by atoms with van der Waals surface area (Å²) in [5, 5.41) is 12.5. The maximum Gasteiger partial charge on any atom is 0.113 e. The normalized spacial score (nSPS) is 13.9. The van der Waals surface area contributed by atoms with Gasteiger partial charge in [-0.25, -0.2) is 0 Å². The van der Waals surface area contributed by atoms with Crippen molar-refractivity contribution in [2.24, 2.45) is 0 Å². The number of hydrogen-bond donors (Lipinski definition) is 1. The van der Waals surface area contributed by atoms with Crippen LogP contribution in [0.15, 0.2) is 24.3 Å². The van der Waals surface area contributed by atoms with E-state index in [1.165, 1.54) is 11.1 Å². The van der Waals surface area contributed by atoms with Gasteiger partial charge in [-0.15, -0.1) is 0 Å². The molecule has 0 aromatic heterocycles. The summed E-state index contributed by atoms with van der Waals surface area (Å²) >= 11 is 1.81. The van der Waals surface area contributed by atoms with Crippen LogP contribution in [0.25, 0.3) is 0 Å². The third kappa shape index (κ3) is 5.12. The van der Waals surface area contributed by atoms with Crippen molar-refractivity contribution in [1.29, 1.82) is 5.26 Å². The summed E-state index contributed by atoms with van der Waals surface area (Å²) in [6, 6.07) is 10.9. The van der Waals surface area contributed by atoms with E-state index in [1.54, 1.807) is 0 Å². The lowest BCUT2D eigenvalue weighted by Crippen LogP contribution is -2.43. The van der Waals surface area contributed by atoms with Gasteiger partial charge in [0.15, 0.2) is 0 Å². The molecule has 1 rings (SSSR count). The van der Waals surface area contributed by atoms with Crippen LogP contribution in [0.1, 0.15) is 31.4 Å². The third-order valence-corrected chi connectivity index (χ3v) is 4.07. The maximum atomic E-state index is 9.23. The van der Waals surface area contributed by atoms with Gasteiger partial charge in [0.05, 0.1) is 6.07 Å². The molecular weight excluding hydrogens is 240 g/mol. The van der Waals surface area contributed by atoms with Crippen LogP contribution in [0.2, 0.25) is 0 Å². The van der Waals surface area contributed by atoms with Gasteiger partial charge in [0.2, 0.25) is 0 Å². The minimum Gasteiger partial charge on any atom is -0.299 e. The zero-order chi connectivity index (χ0) is 13.4. The molecule has 1 N–H and O–H groups in total. The van der Waals surface area contributed by atoms with Crippen LogP contribution in [0.4, 0.5) is 0 Å². The van der Waals surface area contributed by atoms with Crippen LogP contribution in [0.3, 0.4) is 0 Å². The van der Waals surface area contributed by atoms with Crippen LogP contribution in [0.5, 0.6) is 0 Å². The Morgan fingerprint density at radius 2 is 2.22 bits per heavy atom. The Morgan fingerprint density at radius 1 is 1.44 bits per heavy atom. The fraction of sp³-hybridized carbons (Fsp3) is 0.533. The van der Waals surface area contributed by atoms with Crippen molar-refractivity contribution >= 4 is 11.8 Å². The summed E-state index contributed by atoms with van der Waals surface area (Å²) in [4.78, 5) is 0. The SMILES string of the molecule is CCCNC(C)(C#N)CSCc1cccc(C)c1. The number of nitriles is 1. The van der Waals surface area contributed by atoms with Gasteiger partial charge in [-0.05, 0) is 32.4 Å². The van der Waals surface area contributed by atoms with Crippen molar-refractivity contribution < 1.29 is 0 Å². The minimum atomic E-state index is -0.412. The van der Waals surface area contributed by atoms with E-state index < -0.39 is 5.54 Å². The Hall–Kier alpha value is -0.980. The molecule has 0 amide bonds. The number of aryl methyl sites for hydroxylation is 1. The van der Waals surface area contributed by atoms with Gasteiger partial charge >= 0.3 is 0 Å². The van der Waals surface area contributed by atoms with E-state index in [1.807, 2.05) is 18.7 Å². The lowest BCUT2D eigenvalue weighted by molar-refractivity contribution is 0.493. The topological polar surface area (TPSA) is 35.8 Å². The number of benzene rings is 1. The monoisotopic (exact) mass is 262 g/mol. The number of nitrogens with zero attached hydrogens (tertiary/aromatic N) is 1. The van der Waals surface area contributed by atoms with Gasteiger partial charge in [0.1, 0.15) is 5.54 Å². The van der Waals surface area contributed by atoms with Crippen molar-refractivity contribution in [1.82, 2.24) is 5.32 Å². The molecule has 0 saturated carbocycles. The van der Waals surface area contributed by atoms with E-state index in [4.69, 9.17) is 0 Å². The molecule has 98 valence electrons. The minimum absolute atomic E-state index is 0.412. The van der Waals surface area contributed by atoms with Crippen LogP contribution in [-0.2, 0) is 5.75 Å². The van der Waals surface area contributed by atoms with Crippen LogP contribution < -0.4 is 5.32 Å². The predicted octanol–water partition coefficient (Wildman–Crippen LogP) is 3.51. The molecule has 18 heavy (non-hydrogen) atoms. The number of thioether (sulfide) groups is 1. The van der Waals surface area contributed by atoms with Crippen molar-refractivity contribution in [2.45, 2.75) is 38.5 Å². The summed E-state index contributed by atoms with van der Waals surface area (Å²) in [6.45, 7) is 7.10. The first-order valence-corrected chi connectivity index (χ1v) is 7.54. The van der Waals surface area contributed by atoms with Gasteiger partial charge in [-0.2, -0.15) is 17.0 Å². The molecule has 0 spiro atoms. The Balaban J connectivity index is 2.42. The predicted molar refractivity (Wildman–Crippen MR) is 79.7 cm³/mol. The van der Waals surface area contributed by atoms with Crippen LogP contribution in [0, 0.1) is 18.3 Å². The highest BCUT2D eigenvalue weighted by atomic mass is 32.2. The standard InChI is InChI=1S/C15H22N2S/c1-4-8-17-15(3,11-16)12-18-10-14-7-5-6-13(2)9-14/h5-7,9,17H,4,8,10,12H2,1-3H3. The van der Waals surface area contributed by atoms with Gasteiger partial charge < -0.3 is 0 Å². The average molecular weight is 262 g/mol. The Bertz CT molecular complexity index is 411. The van der Waals surface area contributed by atoms with Crippen LogP contribution >= 0.6 is 11.8 Å². The van der Waals surface area contributed by atoms with Crippen molar-refractivity contribution in [2.75, 3.05) is 12.3 Å². The lowest BCUT2D eigenvalue weighted by Gasteiger charge is -2.22. The first-order chi connectivity index (χ1) is 8.59. The van der Waals surface area contributed by atoms with E-state index in [0.717, 1.165) is 24.5 Å². The van der Waals surface area contributed by atoms with Crippen molar-refractivity contribution in [3.63, 3.8) is 0 Å². The molecule has 0 heterocycles. The molecule has 1 unspecified atom stereocenters. The average Bonchev–Trinajstić information content (AvgIpc) is 2.36. The second kappa shape index (κ2) is 7.45. The summed E-state index contributed by atoms with van der Waals surface area (Å²) in [5.41, 5.74) is 2.21. The molecule has 1 atom stereocenters. The second-order valence-corrected chi connectivity index (χ2v) is 5.84. The number of nitrogens with one attached hydrogen (secondary N) is 1. The zero-order valence-electron chi connectivity index (χ0n) is 11.5. The highest BCUT2D eigenvalue weighted by molar-refractivity contribution is 7.98. The molecule has 3 heteroatoms. The van der Waals surface area contributed by atoms with E-state index in [9.17, 15) is 5.26 Å². The fourth-order valence-electron chi connectivity index (χ4n) is 1.70. The number of hydrogen-bond acceptors (Lipinski definition) is 3. The fourth-order valence-corrected chi connectivity index (χ4v) is 2.79. The number of rotatable bonds is 7. The molecule has 0 radical (unpaired) electrons. The first kappa shape index (κ1) is 15.1. The maximum absolute atomic E-state index is 9.23. The molecule has 0 aliphatic rings. The molecule has 0 aliphatic carbocycles. The highest BCUT2D eigenvalue weighted by Crippen LogP contribution is 2.18. The Morgan fingerprint density at radius 3 is 2.83 bits per heavy atom. The smallest absolute Gasteiger partial charge is 0.113 e. The largest absolute Gasteiger partial charge is 0.299 e. The Labute approximate surface area is 115 Å². The molecule has 0 bridgehead atoms. The van der Waals surface area contributed by atoms with Gasteiger partial charge in [0.25, 0.3) is 0 Å². The molecule has 2 nitrogen and oxygen atoms in total. The summed E-state index contributed by atoms with van der Waals surface area (Å²) in [7, 11) is 0. The van der Waals surface area contributed by atoms with E-state index in [0.29, 0.717) is 0 Å². The van der Waals surface area contributed by atoms with Gasteiger partial charge in [-0.3, -0.25) is 5.32 Å². The van der Waals surface area contributed by atoms with E-state index in [-0.39, 0.29) is 0 Å². The molecular formula is C15H22N2S. The summed E-state index contributed by atoms with van der Waals surface area (Å²) < 4.78 is 0. The third-order valence-electron chi connectivity index (χ3n) is 2.75. The first-order valence-electron chi connectivity index (χ1n) is 6.39. The summed E-state index contributed by atoms with van der Waals surface area (Å²) in [6.07, 6.45) is 1.06. The van der Waals surface area contributed by atoms with Crippen molar-refractivity contribution in [3.8, 4) is 6.07 Å². The van der Waals surface area contributed by atoms with E-state index in [2.05, 4.69) is 49.5 Å². The molecule has 0 saturated heterocycles. The highest BCUT2D eigenvalue weighted by Gasteiger charge is 2.22. The quantitative estimate of drug-likeness (QED) is 0.817. The van der Waals surface area contributed by atoms with Crippen LogP contribution in [-0.4, -0.2) is 17.8 Å². The van der Waals surface area contributed by atoms with Crippen molar-refractivity contribution in [3.05, 3.63) is 35.4 Å². The van der Waals surface area contributed by atoms with E-state index >= 15 is 0 Å². The van der Waals surface area contributed by atoms with Gasteiger partial charge in [-0.1, -0.05) is 36.8 Å². The van der Waals surface area contributed by atoms with Gasteiger partial charge in [0, 0.05) is 11.5 Å². The molecule has 1 aromatic carbocycles. The second-order valence-electron chi connectivity index (χ2n) is 4.85.